The molecule has 7 nitrogen and oxygen atoms in total. The molecule has 1 aliphatic rings. The molecule has 3 N–H and O–H groups in total. The number of carbonyl (C=O) groups excluding carboxylic acids is 1. The molecule has 0 saturated carbocycles. The monoisotopic (exact) mass is 417 g/mol. The van der Waals surface area contributed by atoms with Crippen molar-refractivity contribution in [3.63, 3.8) is 0 Å². The molecule has 1 aromatic carbocycles. The smallest absolute Gasteiger partial charge is 0.213 e. The highest BCUT2D eigenvalue weighted by atomic mass is 16.5. The molecule has 2 aromatic heterocycles. The number of ether oxygens (including phenoxy) is 1. The average molecular weight is 418 g/mol. The van der Waals surface area contributed by atoms with Gasteiger partial charge in [0.25, 0.3) is 0 Å². The summed E-state index contributed by atoms with van der Waals surface area (Å²) >= 11 is 0. The van der Waals surface area contributed by atoms with Gasteiger partial charge in [0.15, 0.2) is 0 Å². The topological polar surface area (TPSA) is 93.4 Å². The Balaban J connectivity index is 1.41. The molecule has 3 heterocycles. The van der Waals surface area contributed by atoms with Crippen molar-refractivity contribution < 1.29 is 9.53 Å². The molecule has 1 saturated heterocycles. The second kappa shape index (κ2) is 9.47. The Bertz CT molecular complexity index is 1020. The number of nitrogens with two attached hydrogens (primary N) is 1. The van der Waals surface area contributed by atoms with E-state index in [0.29, 0.717) is 34.3 Å². The highest BCUT2D eigenvalue weighted by molar-refractivity contribution is 6.12. The van der Waals surface area contributed by atoms with Gasteiger partial charge in [0.2, 0.25) is 5.78 Å². The number of carbonyl (C=O) groups is 1. The minimum Gasteiger partial charge on any atom is -0.497 e. The van der Waals surface area contributed by atoms with E-state index in [0.717, 1.165) is 32.5 Å². The maximum atomic E-state index is 13.1. The van der Waals surface area contributed by atoms with Gasteiger partial charge in [0.1, 0.15) is 11.4 Å². The van der Waals surface area contributed by atoms with Gasteiger partial charge in [-0.15, -0.1) is 0 Å². The predicted octanol–water partition coefficient (Wildman–Crippen LogP) is 3.63. The second-order valence-corrected chi connectivity index (χ2v) is 7.70. The number of ketones is 1. The van der Waals surface area contributed by atoms with Crippen LogP contribution in [0.2, 0.25) is 0 Å². The lowest BCUT2D eigenvalue weighted by Gasteiger charge is -2.33. The molecular weight excluding hydrogens is 390 g/mol. The van der Waals surface area contributed by atoms with E-state index < -0.39 is 0 Å². The zero-order valence-electron chi connectivity index (χ0n) is 17.6. The number of rotatable bonds is 7. The van der Waals surface area contributed by atoms with Gasteiger partial charge in [-0.05, 0) is 61.2 Å². The highest BCUT2D eigenvalue weighted by Crippen LogP contribution is 2.27. The lowest BCUT2D eigenvalue weighted by Crippen LogP contribution is -2.36. The molecule has 0 unspecified atom stereocenters. The summed E-state index contributed by atoms with van der Waals surface area (Å²) in [6, 6.07) is 12.8. The second-order valence-electron chi connectivity index (χ2n) is 7.70. The molecule has 1 aliphatic heterocycles. The first kappa shape index (κ1) is 20.7. The van der Waals surface area contributed by atoms with Gasteiger partial charge in [-0.3, -0.25) is 14.8 Å². The van der Waals surface area contributed by atoms with Crippen LogP contribution in [0.3, 0.4) is 0 Å². The third kappa shape index (κ3) is 4.77. The summed E-state index contributed by atoms with van der Waals surface area (Å²) in [6.45, 7) is 2.75. The van der Waals surface area contributed by atoms with Gasteiger partial charge < -0.3 is 20.7 Å². The number of nitrogens with one attached hydrogen (secondary N) is 1. The minimum absolute atomic E-state index is 0.162. The van der Waals surface area contributed by atoms with Crippen LogP contribution < -0.4 is 20.7 Å². The summed E-state index contributed by atoms with van der Waals surface area (Å²) in [5, 5.41) is 3.42. The number of anilines is 3. The quantitative estimate of drug-likeness (QED) is 0.567. The Morgan fingerprint density at radius 3 is 2.48 bits per heavy atom. The summed E-state index contributed by atoms with van der Waals surface area (Å²) in [4.78, 5) is 23.9. The SMILES string of the molecule is COc1ccc(C(=O)c2nccc(N)c2NCC2CCN(c3ccncc3)CC2)cc1. The molecule has 31 heavy (non-hydrogen) atoms. The normalized spacial score (nSPS) is 14.3. The van der Waals surface area contributed by atoms with Crippen LogP contribution in [0.1, 0.15) is 28.9 Å². The van der Waals surface area contributed by atoms with Gasteiger partial charge in [0.05, 0.1) is 18.5 Å². The van der Waals surface area contributed by atoms with Gasteiger partial charge >= 0.3 is 0 Å². The van der Waals surface area contributed by atoms with E-state index in [4.69, 9.17) is 10.5 Å². The maximum absolute atomic E-state index is 13.1. The van der Waals surface area contributed by atoms with E-state index in [1.54, 1.807) is 43.6 Å². The summed E-state index contributed by atoms with van der Waals surface area (Å²) in [7, 11) is 1.60. The molecule has 7 heteroatoms. The van der Waals surface area contributed by atoms with E-state index in [9.17, 15) is 4.79 Å². The maximum Gasteiger partial charge on any atom is 0.213 e. The van der Waals surface area contributed by atoms with E-state index in [2.05, 4.69) is 20.2 Å². The highest BCUT2D eigenvalue weighted by Gasteiger charge is 2.22. The summed E-state index contributed by atoms with van der Waals surface area (Å²) < 4.78 is 5.17. The molecule has 0 spiro atoms. The van der Waals surface area contributed by atoms with Crippen LogP contribution in [0.25, 0.3) is 0 Å². The summed E-state index contributed by atoms with van der Waals surface area (Å²) in [5.74, 6) is 1.04. The lowest BCUT2D eigenvalue weighted by atomic mass is 9.96. The largest absolute Gasteiger partial charge is 0.497 e. The van der Waals surface area contributed by atoms with Crippen molar-refractivity contribution in [3.8, 4) is 5.75 Å². The van der Waals surface area contributed by atoms with Gasteiger partial charge in [-0.1, -0.05) is 0 Å². The molecule has 1 fully saturated rings. The predicted molar refractivity (Wildman–Crippen MR) is 123 cm³/mol. The summed E-state index contributed by atoms with van der Waals surface area (Å²) in [6.07, 6.45) is 7.37. The number of nitrogens with zero attached hydrogens (tertiary/aromatic N) is 3. The molecule has 0 bridgehead atoms. The number of aromatic nitrogens is 2. The van der Waals surface area contributed by atoms with Crippen molar-refractivity contribution in [2.24, 2.45) is 5.92 Å². The van der Waals surface area contributed by atoms with Crippen molar-refractivity contribution in [1.29, 1.82) is 0 Å². The van der Waals surface area contributed by atoms with Gasteiger partial charge in [-0.2, -0.15) is 0 Å². The Kier molecular flexibility index (Phi) is 6.31. The summed E-state index contributed by atoms with van der Waals surface area (Å²) in [5.41, 5.74) is 9.46. The molecule has 160 valence electrons. The van der Waals surface area contributed by atoms with E-state index in [1.165, 1.54) is 5.69 Å². The van der Waals surface area contributed by atoms with Crippen molar-refractivity contribution >= 4 is 22.8 Å². The Morgan fingerprint density at radius 2 is 1.81 bits per heavy atom. The number of hydrogen-bond donors (Lipinski definition) is 2. The zero-order valence-corrected chi connectivity index (χ0v) is 17.6. The van der Waals surface area contributed by atoms with Gasteiger partial charge in [-0.25, -0.2) is 0 Å². The first-order chi connectivity index (χ1) is 15.2. The molecule has 0 amide bonds. The number of methoxy groups -OCH3 is 1. The number of benzene rings is 1. The minimum atomic E-state index is -0.162. The Morgan fingerprint density at radius 1 is 1.10 bits per heavy atom. The van der Waals surface area contributed by atoms with Crippen LogP contribution in [0.5, 0.6) is 5.75 Å². The van der Waals surface area contributed by atoms with Crippen molar-refractivity contribution in [3.05, 3.63) is 72.3 Å². The molecule has 4 rings (SSSR count). The van der Waals surface area contributed by atoms with E-state index >= 15 is 0 Å². The van der Waals surface area contributed by atoms with Crippen LogP contribution in [0.4, 0.5) is 17.1 Å². The van der Waals surface area contributed by atoms with Crippen molar-refractivity contribution in [2.45, 2.75) is 12.8 Å². The molecule has 3 aromatic rings. The zero-order chi connectivity index (χ0) is 21.6. The first-order valence-electron chi connectivity index (χ1n) is 10.5. The first-order valence-corrected chi connectivity index (χ1v) is 10.5. The van der Waals surface area contributed by atoms with Crippen LogP contribution in [0, 0.1) is 5.92 Å². The Labute approximate surface area is 182 Å². The molecule has 0 aliphatic carbocycles. The Hall–Kier alpha value is -3.61. The van der Waals surface area contributed by atoms with Crippen molar-refractivity contribution in [2.75, 3.05) is 42.7 Å². The number of piperidine rings is 1. The van der Waals surface area contributed by atoms with Crippen LogP contribution in [-0.4, -0.2) is 42.5 Å². The van der Waals surface area contributed by atoms with Crippen LogP contribution in [0.15, 0.2) is 61.1 Å². The third-order valence-electron chi connectivity index (χ3n) is 5.76. The fourth-order valence-electron chi connectivity index (χ4n) is 3.91. The van der Waals surface area contributed by atoms with E-state index in [-0.39, 0.29) is 5.78 Å². The lowest BCUT2D eigenvalue weighted by molar-refractivity contribution is 0.103. The van der Waals surface area contributed by atoms with Crippen LogP contribution >= 0.6 is 0 Å². The fourth-order valence-corrected chi connectivity index (χ4v) is 3.91. The fraction of sp³-hybridized carbons (Fsp3) is 0.292. The number of pyridine rings is 2. The van der Waals surface area contributed by atoms with E-state index in [1.807, 2.05) is 24.5 Å². The van der Waals surface area contributed by atoms with Crippen molar-refractivity contribution in [1.82, 2.24) is 9.97 Å². The number of nitrogen functional groups attached to an aromatic ring is 1. The third-order valence-corrected chi connectivity index (χ3v) is 5.76. The van der Waals surface area contributed by atoms with Gasteiger partial charge in [0, 0.05) is 49.5 Å². The molecule has 0 radical (unpaired) electrons. The molecular formula is C24H27N5O2. The van der Waals surface area contributed by atoms with Crippen LogP contribution in [-0.2, 0) is 0 Å². The standard InChI is InChI=1S/C24H27N5O2/c1-31-20-4-2-18(3-5-20)24(30)23-22(21(25)8-13-27-23)28-16-17-9-14-29(15-10-17)19-6-11-26-12-7-19/h2-8,11-13,17,28H,9-10,14-16H2,1H3,(H2,25,27). The number of hydrogen-bond acceptors (Lipinski definition) is 7. The average Bonchev–Trinajstić information content (AvgIpc) is 2.83. The molecule has 0 atom stereocenters.